The van der Waals surface area contributed by atoms with Crippen molar-refractivity contribution < 1.29 is 0 Å². The highest BCUT2D eigenvalue weighted by molar-refractivity contribution is 5.89. The SMILES string of the molecule is CNc1cc(C(C)(C)C)c(N(C)CC2CCCCC2)cc1/C1=C/C=N/N/C=C/CCC1. The Bertz CT molecular complexity index is 807. The third-order valence-corrected chi connectivity index (χ3v) is 6.66. The highest BCUT2D eigenvalue weighted by atomic mass is 15.3. The van der Waals surface area contributed by atoms with Crippen molar-refractivity contribution in [2.24, 2.45) is 11.0 Å². The molecule has 31 heavy (non-hydrogen) atoms. The van der Waals surface area contributed by atoms with E-state index in [4.69, 9.17) is 0 Å². The van der Waals surface area contributed by atoms with Gasteiger partial charge in [-0.05, 0) is 72.8 Å². The molecule has 0 spiro atoms. The van der Waals surface area contributed by atoms with Crippen LogP contribution in [0.2, 0.25) is 0 Å². The lowest BCUT2D eigenvalue weighted by Gasteiger charge is -2.34. The van der Waals surface area contributed by atoms with Gasteiger partial charge in [0.15, 0.2) is 0 Å². The van der Waals surface area contributed by atoms with E-state index in [0.717, 1.165) is 31.7 Å². The molecule has 2 N–H and O–H groups in total. The number of hydrazone groups is 1. The molecule has 4 heteroatoms. The number of hydrogen-bond acceptors (Lipinski definition) is 4. The first-order valence-electron chi connectivity index (χ1n) is 12.1. The summed E-state index contributed by atoms with van der Waals surface area (Å²) in [6.45, 7) is 8.13. The Morgan fingerprint density at radius 3 is 2.61 bits per heavy atom. The molecular formula is C27H42N4. The van der Waals surface area contributed by atoms with Crippen LogP contribution in [0.25, 0.3) is 5.57 Å². The Balaban J connectivity index is 2.01. The van der Waals surface area contributed by atoms with E-state index < -0.39 is 0 Å². The zero-order chi connectivity index (χ0) is 22.3. The Hall–Kier alpha value is -2.23. The molecule has 0 aromatic heterocycles. The largest absolute Gasteiger partial charge is 0.388 e. The van der Waals surface area contributed by atoms with Crippen LogP contribution in [0, 0.1) is 5.92 Å². The van der Waals surface area contributed by atoms with Crippen molar-refractivity contribution in [3.63, 3.8) is 0 Å². The minimum atomic E-state index is 0.0845. The summed E-state index contributed by atoms with van der Waals surface area (Å²) in [7, 11) is 4.33. The first kappa shape index (κ1) is 23.4. The Morgan fingerprint density at radius 1 is 1.13 bits per heavy atom. The van der Waals surface area contributed by atoms with Crippen LogP contribution in [0.5, 0.6) is 0 Å². The van der Waals surface area contributed by atoms with Gasteiger partial charge >= 0.3 is 0 Å². The van der Waals surface area contributed by atoms with E-state index in [1.165, 1.54) is 60.2 Å². The smallest absolute Gasteiger partial charge is 0.0475 e. The minimum absolute atomic E-state index is 0.0845. The third-order valence-electron chi connectivity index (χ3n) is 6.66. The van der Waals surface area contributed by atoms with Crippen molar-refractivity contribution >= 4 is 23.2 Å². The van der Waals surface area contributed by atoms with E-state index in [1.807, 2.05) is 19.5 Å². The number of benzene rings is 1. The van der Waals surface area contributed by atoms with E-state index >= 15 is 0 Å². The van der Waals surface area contributed by atoms with Crippen molar-refractivity contribution in [3.8, 4) is 0 Å². The normalized spacial score (nSPS) is 22.0. The van der Waals surface area contributed by atoms with Gasteiger partial charge in [0.2, 0.25) is 0 Å². The molecule has 0 saturated heterocycles. The Morgan fingerprint density at radius 2 is 1.90 bits per heavy atom. The number of anilines is 2. The maximum absolute atomic E-state index is 4.29. The lowest BCUT2D eigenvalue weighted by Crippen LogP contribution is -2.29. The van der Waals surface area contributed by atoms with Crippen LogP contribution in [0.1, 0.15) is 83.3 Å². The molecule has 0 radical (unpaired) electrons. The molecule has 0 amide bonds. The fourth-order valence-electron chi connectivity index (χ4n) is 4.90. The molecule has 1 aliphatic carbocycles. The Kier molecular flexibility index (Phi) is 8.22. The molecule has 1 heterocycles. The quantitative estimate of drug-likeness (QED) is 0.555. The van der Waals surface area contributed by atoms with E-state index in [1.54, 1.807) is 0 Å². The number of hydrogen-bond donors (Lipinski definition) is 2. The summed E-state index contributed by atoms with van der Waals surface area (Å²) in [5, 5.41) is 7.77. The van der Waals surface area contributed by atoms with Gasteiger partial charge in [-0.2, -0.15) is 5.10 Å². The zero-order valence-electron chi connectivity index (χ0n) is 20.3. The molecule has 1 aliphatic heterocycles. The average molecular weight is 423 g/mol. The molecule has 0 atom stereocenters. The summed E-state index contributed by atoms with van der Waals surface area (Å²) in [6, 6.07) is 4.82. The van der Waals surface area contributed by atoms with Crippen LogP contribution in [-0.4, -0.2) is 26.9 Å². The van der Waals surface area contributed by atoms with Crippen molar-refractivity contribution in [1.82, 2.24) is 5.43 Å². The fourth-order valence-corrected chi connectivity index (χ4v) is 4.90. The molecular weight excluding hydrogens is 380 g/mol. The first-order chi connectivity index (χ1) is 14.9. The lowest BCUT2D eigenvalue weighted by atomic mass is 9.82. The number of nitrogens with one attached hydrogen (secondary N) is 2. The molecule has 1 aromatic rings. The summed E-state index contributed by atoms with van der Waals surface area (Å²) in [5.74, 6) is 0.817. The van der Waals surface area contributed by atoms with Crippen molar-refractivity contribution in [2.75, 3.05) is 30.9 Å². The third kappa shape index (κ3) is 6.38. The van der Waals surface area contributed by atoms with Gasteiger partial charge in [-0.25, -0.2) is 0 Å². The van der Waals surface area contributed by atoms with E-state index in [2.05, 4.69) is 72.8 Å². The molecule has 2 aliphatic rings. The second kappa shape index (κ2) is 10.9. The molecule has 1 aromatic carbocycles. The molecule has 3 rings (SSSR count). The molecule has 0 bridgehead atoms. The molecule has 0 unspecified atom stereocenters. The summed E-state index contributed by atoms with van der Waals surface area (Å²) in [5.41, 5.74) is 9.71. The van der Waals surface area contributed by atoms with Crippen LogP contribution in [0.15, 0.2) is 35.6 Å². The van der Waals surface area contributed by atoms with E-state index in [0.29, 0.717) is 0 Å². The fraction of sp³-hybridized carbons (Fsp3) is 0.593. The maximum atomic E-state index is 4.29. The molecule has 170 valence electrons. The van der Waals surface area contributed by atoms with Crippen molar-refractivity contribution in [2.45, 2.75) is 77.6 Å². The standard InChI is InChI=1S/C27H42N4/c1-27(2,3)24-19-25(28-4)23(22-14-10-7-11-16-29-30-17-15-22)18-26(24)31(5)20-21-12-8-6-9-13-21/h11,15-19,21,28-29H,6-10,12-14,20H2,1-5H3/b16-11+,22-15+,30-17+. The van der Waals surface area contributed by atoms with Crippen LogP contribution in [0.3, 0.4) is 0 Å². The van der Waals surface area contributed by atoms with Gasteiger partial charge in [0.25, 0.3) is 0 Å². The van der Waals surface area contributed by atoms with Gasteiger partial charge in [-0.1, -0.05) is 46.1 Å². The summed E-state index contributed by atoms with van der Waals surface area (Å²) in [6.07, 6.45) is 18.3. The van der Waals surface area contributed by atoms with Gasteiger partial charge in [-0.3, -0.25) is 5.43 Å². The average Bonchev–Trinajstić information content (AvgIpc) is 2.76. The second-order valence-electron chi connectivity index (χ2n) is 10.2. The van der Waals surface area contributed by atoms with Crippen molar-refractivity contribution in [1.29, 1.82) is 0 Å². The van der Waals surface area contributed by atoms with E-state index in [9.17, 15) is 0 Å². The Labute approximate surface area is 189 Å². The molecule has 1 saturated carbocycles. The maximum Gasteiger partial charge on any atom is 0.0475 e. The van der Waals surface area contributed by atoms with Gasteiger partial charge in [0, 0.05) is 50.0 Å². The van der Waals surface area contributed by atoms with Crippen LogP contribution >= 0.6 is 0 Å². The van der Waals surface area contributed by atoms with E-state index in [-0.39, 0.29) is 5.41 Å². The summed E-state index contributed by atoms with van der Waals surface area (Å²) >= 11 is 0. The van der Waals surface area contributed by atoms with Gasteiger partial charge in [0.05, 0.1) is 0 Å². The van der Waals surface area contributed by atoms with Crippen molar-refractivity contribution in [3.05, 3.63) is 41.6 Å². The van der Waals surface area contributed by atoms with Crippen LogP contribution in [-0.2, 0) is 5.41 Å². The number of allylic oxidation sites excluding steroid dienone is 3. The highest BCUT2D eigenvalue weighted by Crippen LogP contribution is 2.40. The first-order valence-corrected chi connectivity index (χ1v) is 12.1. The number of rotatable bonds is 5. The minimum Gasteiger partial charge on any atom is -0.388 e. The van der Waals surface area contributed by atoms with Gasteiger partial charge in [0.1, 0.15) is 0 Å². The highest BCUT2D eigenvalue weighted by Gasteiger charge is 2.25. The summed E-state index contributed by atoms with van der Waals surface area (Å²) < 4.78 is 0. The van der Waals surface area contributed by atoms with Gasteiger partial charge in [-0.15, -0.1) is 0 Å². The zero-order valence-corrected chi connectivity index (χ0v) is 20.3. The monoisotopic (exact) mass is 422 g/mol. The molecule has 4 nitrogen and oxygen atoms in total. The number of nitrogens with zero attached hydrogens (tertiary/aromatic N) is 2. The predicted octanol–water partition coefficient (Wildman–Crippen LogP) is 6.70. The van der Waals surface area contributed by atoms with Crippen LogP contribution in [0.4, 0.5) is 11.4 Å². The second-order valence-corrected chi connectivity index (χ2v) is 10.2. The topological polar surface area (TPSA) is 39.7 Å². The van der Waals surface area contributed by atoms with Crippen LogP contribution < -0.4 is 15.6 Å². The lowest BCUT2D eigenvalue weighted by molar-refractivity contribution is 0.361. The summed E-state index contributed by atoms with van der Waals surface area (Å²) in [4.78, 5) is 2.53. The predicted molar refractivity (Wildman–Crippen MR) is 137 cm³/mol. The molecule has 1 fully saturated rings. The van der Waals surface area contributed by atoms with Gasteiger partial charge < -0.3 is 10.2 Å².